The lowest BCUT2D eigenvalue weighted by atomic mass is 9.90. The fourth-order valence-corrected chi connectivity index (χ4v) is 1.36. The third kappa shape index (κ3) is 4.44. The summed E-state index contributed by atoms with van der Waals surface area (Å²) >= 11 is 0. The normalized spacial score (nSPS) is 11.3. The van der Waals surface area contributed by atoms with Crippen molar-refractivity contribution in [3.05, 3.63) is 6.07 Å². The van der Waals surface area contributed by atoms with Crippen molar-refractivity contribution in [2.45, 2.75) is 20.3 Å². The number of ether oxygens (including phenoxy) is 1. The zero-order chi connectivity index (χ0) is 12.9. The van der Waals surface area contributed by atoms with Crippen molar-refractivity contribution < 1.29 is 9.84 Å². The lowest BCUT2D eigenvalue weighted by molar-refractivity contribution is 0.220. The van der Waals surface area contributed by atoms with E-state index in [2.05, 4.69) is 29.1 Å². The highest BCUT2D eigenvalue weighted by molar-refractivity contribution is 5.42. The van der Waals surface area contributed by atoms with Gasteiger partial charge in [-0.3, -0.25) is 0 Å². The van der Waals surface area contributed by atoms with E-state index in [1.54, 1.807) is 6.07 Å². The molecule has 1 aromatic heterocycles. The number of nitrogens with zero attached hydrogens (tertiary/aromatic N) is 2. The first-order valence-electron chi connectivity index (χ1n) is 5.50. The van der Waals surface area contributed by atoms with Crippen LogP contribution in [-0.2, 0) is 0 Å². The molecule has 96 valence electrons. The summed E-state index contributed by atoms with van der Waals surface area (Å²) in [5.41, 5.74) is 5.54. The number of aliphatic hydroxyl groups excluding tert-OH is 1. The Hall–Kier alpha value is -1.56. The molecule has 1 aromatic rings. The Kier molecular flexibility index (Phi) is 4.51. The number of methoxy groups -OCH3 is 1. The minimum absolute atomic E-state index is 0.0122. The first kappa shape index (κ1) is 13.5. The lowest BCUT2D eigenvalue weighted by Gasteiger charge is -2.24. The monoisotopic (exact) mass is 240 g/mol. The summed E-state index contributed by atoms with van der Waals surface area (Å²) in [4.78, 5) is 7.96. The standard InChI is InChI=1S/C11H20N4O2/c1-11(2,4-5-16)7-13-8-6-9(17-3)15-10(12)14-8/h6,16H,4-5,7H2,1-3H3,(H3,12,13,14,15). The van der Waals surface area contributed by atoms with Crippen LogP contribution in [0.25, 0.3) is 0 Å². The zero-order valence-corrected chi connectivity index (χ0v) is 10.5. The summed E-state index contributed by atoms with van der Waals surface area (Å²) in [6.45, 7) is 4.99. The molecule has 0 saturated carbocycles. The summed E-state index contributed by atoms with van der Waals surface area (Å²) in [6.07, 6.45) is 0.720. The van der Waals surface area contributed by atoms with E-state index < -0.39 is 0 Å². The molecule has 0 saturated heterocycles. The van der Waals surface area contributed by atoms with Gasteiger partial charge in [-0.15, -0.1) is 0 Å². The van der Waals surface area contributed by atoms with Crippen molar-refractivity contribution in [1.29, 1.82) is 0 Å². The first-order valence-corrected chi connectivity index (χ1v) is 5.50. The second-order valence-electron chi connectivity index (χ2n) is 4.65. The smallest absolute Gasteiger partial charge is 0.225 e. The number of nitrogens with one attached hydrogen (secondary N) is 1. The van der Waals surface area contributed by atoms with Crippen LogP contribution in [0.3, 0.4) is 0 Å². The van der Waals surface area contributed by atoms with Crippen LogP contribution >= 0.6 is 0 Å². The van der Waals surface area contributed by atoms with E-state index in [0.717, 1.165) is 6.42 Å². The van der Waals surface area contributed by atoms with E-state index >= 15 is 0 Å². The molecule has 0 spiro atoms. The number of aromatic nitrogens is 2. The number of anilines is 2. The van der Waals surface area contributed by atoms with Gasteiger partial charge in [-0.2, -0.15) is 9.97 Å². The van der Waals surface area contributed by atoms with Gasteiger partial charge in [0.15, 0.2) is 0 Å². The van der Waals surface area contributed by atoms with E-state index in [1.165, 1.54) is 7.11 Å². The van der Waals surface area contributed by atoms with Gasteiger partial charge in [0, 0.05) is 19.2 Å². The van der Waals surface area contributed by atoms with Gasteiger partial charge in [-0.05, 0) is 11.8 Å². The average Bonchev–Trinajstić information content (AvgIpc) is 2.26. The Labute approximate surface area is 101 Å². The fourth-order valence-electron chi connectivity index (χ4n) is 1.36. The van der Waals surface area contributed by atoms with Crippen molar-refractivity contribution in [1.82, 2.24) is 9.97 Å². The highest BCUT2D eigenvalue weighted by Crippen LogP contribution is 2.21. The van der Waals surface area contributed by atoms with Crippen LogP contribution in [0.5, 0.6) is 5.88 Å². The van der Waals surface area contributed by atoms with Crippen LogP contribution in [0.2, 0.25) is 0 Å². The highest BCUT2D eigenvalue weighted by atomic mass is 16.5. The Morgan fingerprint density at radius 3 is 2.76 bits per heavy atom. The molecule has 0 fully saturated rings. The van der Waals surface area contributed by atoms with E-state index in [4.69, 9.17) is 15.6 Å². The molecule has 1 rings (SSSR count). The van der Waals surface area contributed by atoms with Gasteiger partial charge in [0.25, 0.3) is 0 Å². The quantitative estimate of drug-likeness (QED) is 0.683. The van der Waals surface area contributed by atoms with Crippen LogP contribution in [0.4, 0.5) is 11.8 Å². The average molecular weight is 240 g/mol. The molecule has 4 N–H and O–H groups in total. The molecule has 0 unspecified atom stereocenters. The van der Waals surface area contributed by atoms with E-state index in [9.17, 15) is 0 Å². The predicted molar refractivity (Wildman–Crippen MR) is 67.0 cm³/mol. The van der Waals surface area contributed by atoms with Gasteiger partial charge >= 0.3 is 0 Å². The second-order valence-corrected chi connectivity index (χ2v) is 4.65. The largest absolute Gasteiger partial charge is 0.481 e. The van der Waals surface area contributed by atoms with Crippen molar-refractivity contribution in [2.24, 2.45) is 5.41 Å². The van der Waals surface area contributed by atoms with Gasteiger partial charge < -0.3 is 20.9 Å². The highest BCUT2D eigenvalue weighted by Gasteiger charge is 2.17. The number of nitrogens with two attached hydrogens (primary N) is 1. The molecule has 0 radical (unpaired) electrons. The molecule has 0 aliphatic rings. The number of hydrogen-bond donors (Lipinski definition) is 3. The summed E-state index contributed by atoms with van der Waals surface area (Å²) in [7, 11) is 1.53. The number of hydrogen-bond acceptors (Lipinski definition) is 6. The van der Waals surface area contributed by atoms with Crippen LogP contribution in [-0.4, -0.2) is 35.3 Å². The third-order valence-corrected chi connectivity index (χ3v) is 2.47. The minimum atomic E-state index is -0.0122. The maximum Gasteiger partial charge on any atom is 0.225 e. The van der Waals surface area contributed by atoms with Crippen LogP contribution < -0.4 is 15.8 Å². The molecule has 0 aliphatic heterocycles. The van der Waals surface area contributed by atoms with E-state index in [1.807, 2.05) is 0 Å². The molecule has 0 amide bonds. The molecule has 6 nitrogen and oxygen atoms in total. The van der Waals surface area contributed by atoms with Crippen molar-refractivity contribution >= 4 is 11.8 Å². The minimum Gasteiger partial charge on any atom is -0.481 e. The van der Waals surface area contributed by atoms with E-state index in [-0.39, 0.29) is 18.0 Å². The van der Waals surface area contributed by atoms with Crippen molar-refractivity contribution in [2.75, 3.05) is 31.3 Å². The maximum absolute atomic E-state index is 8.93. The Bertz CT molecular complexity index is 368. The molecular formula is C11H20N4O2. The van der Waals surface area contributed by atoms with Crippen molar-refractivity contribution in [3.8, 4) is 5.88 Å². The third-order valence-electron chi connectivity index (χ3n) is 2.47. The summed E-state index contributed by atoms with van der Waals surface area (Å²) in [5, 5.41) is 12.1. The van der Waals surface area contributed by atoms with Gasteiger partial charge in [-0.25, -0.2) is 0 Å². The summed E-state index contributed by atoms with van der Waals surface area (Å²) < 4.78 is 5.00. The molecule has 6 heteroatoms. The summed E-state index contributed by atoms with van der Waals surface area (Å²) in [6, 6.07) is 1.69. The Morgan fingerprint density at radius 2 is 2.18 bits per heavy atom. The number of rotatable bonds is 6. The molecular weight excluding hydrogens is 220 g/mol. The zero-order valence-electron chi connectivity index (χ0n) is 10.5. The molecule has 0 atom stereocenters. The molecule has 0 aliphatic carbocycles. The molecule has 1 heterocycles. The predicted octanol–water partition coefficient (Wildman–Crippen LogP) is 0.888. The van der Waals surface area contributed by atoms with Crippen molar-refractivity contribution in [3.63, 3.8) is 0 Å². The SMILES string of the molecule is COc1cc(NCC(C)(C)CCO)nc(N)n1. The number of aliphatic hydroxyl groups is 1. The molecule has 0 aromatic carbocycles. The van der Waals surface area contributed by atoms with Crippen LogP contribution in [0.1, 0.15) is 20.3 Å². The lowest BCUT2D eigenvalue weighted by Crippen LogP contribution is -2.24. The van der Waals surface area contributed by atoms with Gasteiger partial charge in [-0.1, -0.05) is 13.8 Å². The summed E-state index contributed by atoms with van der Waals surface area (Å²) in [5.74, 6) is 1.23. The van der Waals surface area contributed by atoms with Gasteiger partial charge in [0.05, 0.1) is 7.11 Å². The maximum atomic E-state index is 8.93. The molecule has 0 bridgehead atoms. The first-order chi connectivity index (χ1) is 7.96. The fraction of sp³-hybridized carbons (Fsp3) is 0.636. The van der Waals surface area contributed by atoms with E-state index in [0.29, 0.717) is 18.2 Å². The Balaban J connectivity index is 2.65. The van der Waals surface area contributed by atoms with Gasteiger partial charge in [0.2, 0.25) is 11.8 Å². The second kappa shape index (κ2) is 5.67. The van der Waals surface area contributed by atoms with Gasteiger partial charge in [0.1, 0.15) is 5.82 Å². The van der Waals surface area contributed by atoms with Crippen LogP contribution in [0.15, 0.2) is 6.07 Å². The topological polar surface area (TPSA) is 93.3 Å². The molecule has 17 heavy (non-hydrogen) atoms. The Morgan fingerprint density at radius 1 is 1.47 bits per heavy atom. The number of nitrogen functional groups attached to an aromatic ring is 1. The van der Waals surface area contributed by atoms with Crippen LogP contribution in [0, 0.1) is 5.41 Å².